The zero-order valence-electron chi connectivity index (χ0n) is 11.9. The zero-order valence-corrected chi connectivity index (χ0v) is 11.9. The molecule has 0 fully saturated rings. The quantitative estimate of drug-likeness (QED) is 0.776. The lowest BCUT2D eigenvalue weighted by Gasteiger charge is -2.01. The van der Waals surface area contributed by atoms with Crippen LogP contribution in [-0.4, -0.2) is 27.9 Å². The standard InChI is InChI=1S/C16H12N4O3/c21-16(18-11-3-5-17-6-4-11)13-8-12(19-20-13)10-1-2-14-15(7-10)23-9-22-14/h1-8H,9H2,(H,19,20)(H,17,18,21). The molecule has 7 heteroatoms. The molecule has 0 spiro atoms. The highest BCUT2D eigenvalue weighted by Gasteiger charge is 2.16. The number of benzene rings is 1. The minimum atomic E-state index is -0.268. The molecule has 0 aliphatic carbocycles. The number of carbonyl (C=O) groups is 1. The Morgan fingerprint density at radius 3 is 2.78 bits per heavy atom. The Hall–Kier alpha value is -3.35. The normalized spacial score (nSPS) is 12.2. The summed E-state index contributed by atoms with van der Waals surface area (Å²) in [6.45, 7) is 0.221. The molecule has 0 saturated heterocycles. The van der Waals surface area contributed by atoms with E-state index in [2.05, 4.69) is 20.5 Å². The summed E-state index contributed by atoms with van der Waals surface area (Å²) in [4.78, 5) is 16.1. The topological polar surface area (TPSA) is 89.1 Å². The molecule has 1 aliphatic rings. The number of anilines is 1. The molecule has 0 saturated carbocycles. The Kier molecular flexibility index (Phi) is 3.16. The van der Waals surface area contributed by atoms with Gasteiger partial charge in [0.25, 0.3) is 5.91 Å². The molecule has 3 heterocycles. The van der Waals surface area contributed by atoms with Crippen LogP contribution in [0, 0.1) is 0 Å². The molecule has 0 atom stereocenters. The first-order valence-electron chi connectivity index (χ1n) is 6.96. The van der Waals surface area contributed by atoms with Gasteiger partial charge in [-0.1, -0.05) is 0 Å². The zero-order chi connectivity index (χ0) is 15.6. The van der Waals surface area contributed by atoms with Crippen molar-refractivity contribution in [1.82, 2.24) is 15.2 Å². The Labute approximate surface area is 131 Å². The van der Waals surface area contributed by atoms with E-state index in [1.807, 2.05) is 18.2 Å². The number of pyridine rings is 1. The second kappa shape index (κ2) is 5.45. The van der Waals surface area contributed by atoms with Crippen LogP contribution in [0.5, 0.6) is 11.5 Å². The van der Waals surface area contributed by atoms with Crippen molar-refractivity contribution in [3.05, 3.63) is 54.5 Å². The number of rotatable bonds is 3. The first kappa shape index (κ1) is 13.3. The second-order valence-electron chi connectivity index (χ2n) is 4.92. The van der Waals surface area contributed by atoms with Crippen molar-refractivity contribution in [2.45, 2.75) is 0 Å². The summed E-state index contributed by atoms with van der Waals surface area (Å²) in [6.07, 6.45) is 3.22. The van der Waals surface area contributed by atoms with Crippen molar-refractivity contribution in [1.29, 1.82) is 0 Å². The Bertz CT molecular complexity index is 861. The first-order chi connectivity index (χ1) is 11.3. The number of aromatic nitrogens is 3. The molecule has 0 radical (unpaired) electrons. The van der Waals surface area contributed by atoms with E-state index in [1.54, 1.807) is 30.6 Å². The Balaban J connectivity index is 1.56. The number of fused-ring (bicyclic) bond motifs is 1. The van der Waals surface area contributed by atoms with Crippen LogP contribution in [0.2, 0.25) is 0 Å². The van der Waals surface area contributed by atoms with Crippen LogP contribution in [0.4, 0.5) is 5.69 Å². The molecule has 0 unspecified atom stereocenters. The average molecular weight is 308 g/mol. The number of ether oxygens (including phenoxy) is 2. The summed E-state index contributed by atoms with van der Waals surface area (Å²) >= 11 is 0. The van der Waals surface area contributed by atoms with Crippen molar-refractivity contribution in [3.63, 3.8) is 0 Å². The molecule has 114 valence electrons. The molecule has 4 rings (SSSR count). The van der Waals surface area contributed by atoms with Crippen LogP contribution in [-0.2, 0) is 0 Å². The van der Waals surface area contributed by atoms with E-state index < -0.39 is 0 Å². The third-order valence-electron chi connectivity index (χ3n) is 3.43. The van der Waals surface area contributed by atoms with Gasteiger partial charge in [-0.3, -0.25) is 14.9 Å². The van der Waals surface area contributed by atoms with Crippen LogP contribution in [0.15, 0.2) is 48.8 Å². The molecule has 23 heavy (non-hydrogen) atoms. The highest BCUT2D eigenvalue weighted by atomic mass is 16.7. The summed E-state index contributed by atoms with van der Waals surface area (Å²) < 4.78 is 10.6. The molecular formula is C16H12N4O3. The lowest BCUT2D eigenvalue weighted by atomic mass is 10.1. The van der Waals surface area contributed by atoms with Crippen LogP contribution >= 0.6 is 0 Å². The fourth-order valence-corrected chi connectivity index (χ4v) is 2.28. The van der Waals surface area contributed by atoms with E-state index >= 15 is 0 Å². The average Bonchev–Trinajstić information content (AvgIpc) is 3.24. The maximum atomic E-state index is 12.2. The fraction of sp³-hybridized carbons (Fsp3) is 0.0625. The molecule has 1 aromatic carbocycles. The van der Waals surface area contributed by atoms with Gasteiger partial charge in [0.2, 0.25) is 6.79 Å². The number of H-pyrrole nitrogens is 1. The van der Waals surface area contributed by atoms with Gasteiger partial charge in [-0.05, 0) is 36.4 Å². The highest BCUT2D eigenvalue weighted by molar-refractivity contribution is 6.03. The number of hydrogen-bond donors (Lipinski definition) is 2. The van der Waals surface area contributed by atoms with E-state index in [9.17, 15) is 4.79 Å². The van der Waals surface area contributed by atoms with Crippen molar-refractivity contribution < 1.29 is 14.3 Å². The first-order valence-corrected chi connectivity index (χ1v) is 6.96. The van der Waals surface area contributed by atoms with E-state index in [-0.39, 0.29) is 12.7 Å². The second-order valence-corrected chi connectivity index (χ2v) is 4.92. The van der Waals surface area contributed by atoms with E-state index in [0.29, 0.717) is 28.6 Å². The molecule has 7 nitrogen and oxygen atoms in total. The largest absolute Gasteiger partial charge is 0.454 e. The van der Waals surface area contributed by atoms with E-state index in [4.69, 9.17) is 9.47 Å². The number of carbonyl (C=O) groups excluding carboxylic acids is 1. The number of nitrogens with one attached hydrogen (secondary N) is 2. The van der Waals surface area contributed by atoms with Gasteiger partial charge in [0, 0.05) is 23.6 Å². The monoisotopic (exact) mass is 308 g/mol. The van der Waals surface area contributed by atoms with Crippen LogP contribution in [0.25, 0.3) is 11.3 Å². The van der Waals surface area contributed by atoms with Gasteiger partial charge >= 0.3 is 0 Å². The van der Waals surface area contributed by atoms with Crippen LogP contribution in [0.1, 0.15) is 10.5 Å². The third-order valence-corrected chi connectivity index (χ3v) is 3.43. The lowest BCUT2D eigenvalue weighted by Crippen LogP contribution is -2.12. The summed E-state index contributed by atoms with van der Waals surface area (Å²) in [6, 6.07) is 10.6. The van der Waals surface area contributed by atoms with Gasteiger partial charge in [-0.2, -0.15) is 5.10 Å². The van der Waals surface area contributed by atoms with E-state index in [1.165, 1.54) is 0 Å². The maximum Gasteiger partial charge on any atom is 0.273 e. The Morgan fingerprint density at radius 1 is 1.09 bits per heavy atom. The summed E-state index contributed by atoms with van der Waals surface area (Å²) in [5.41, 5.74) is 2.54. The summed E-state index contributed by atoms with van der Waals surface area (Å²) in [5, 5.41) is 9.69. The smallest absolute Gasteiger partial charge is 0.273 e. The molecule has 0 bridgehead atoms. The predicted octanol–water partition coefficient (Wildman–Crippen LogP) is 2.45. The van der Waals surface area contributed by atoms with Gasteiger partial charge < -0.3 is 14.8 Å². The SMILES string of the molecule is O=C(Nc1ccncc1)c1cc(-c2ccc3c(c2)OCO3)n[nH]1. The Morgan fingerprint density at radius 2 is 1.91 bits per heavy atom. The van der Waals surface area contributed by atoms with E-state index in [0.717, 1.165) is 5.56 Å². The highest BCUT2D eigenvalue weighted by Crippen LogP contribution is 2.35. The third kappa shape index (κ3) is 2.59. The van der Waals surface area contributed by atoms with Gasteiger partial charge in [0.1, 0.15) is 5.69 Å². The van der Waals surface area contributed by atoms with Gasteiger partial charge in [-0.15, -0.1) is 0 Å². The number of nitrogens with zero attached hydrogens (tertiary/aromatic N) is 2. The van der Waals surface area contributed by atoms with Crippen LogP contribution < -0.4 is 14.8 Å². The van der Waals surface area contributed by atoms with Gasteiger partial charge in [0.15, 0.2) is 11.5 Å². The molecular weight excluding hydrogens is 296 g/mol. The molecule has 2 aromatic heterocycles. The van der Waals surface area contributed by atoms with Crippen molar-refractivity contribution in [3.8, 4) is 22.8 Å². The number of hydrogen-bond acceptors (Lipinski definition) is 5. The molecule has 1 amide bonds. The number of amides is 1. The van der Waals surface area contributed by atoms with Gasteiger partial charge in [0.05, 0.1) is 5.69 Å². The lowest BCUT2D eigenvalue weighted by molar-refractivity contribution is 0.102. The summed E-state index contributed by atoms with van der Waals surface area (Å²) in [5.74, 6) is 1.11. The van der Waals surface area contributed by atoms with Gasteiger partial charge in [-0.25, -0.2) is 0 Å². The molecule has 1 aliphatic heterocycles. The predicted molar refractivity (Wildman–Crippen MR) is 82.3 cm³/mol. The van der Waals surface area contributed by atoms with Crippen molar-refractivity contribution >= 4 is 11.6 Å². The number of aromatic amines is 1. The van der Waals surface area contributed by atoms with Crippen molar-refractivity contribution in [2.75, 3.05) is 12.1 Å². The maximum absolute atomic E-state index is 12.2. The van der Waals surface area contributed by atoms with Crippen molar-refractivity contribution in [2.24, 2.45) is 0 Å². The van der Waals surface area contributed by atoms with Crippen LogP contribution in [0.3, 0.4) is 0 Å². The molecule has 3 aromatic rings. The summed E-state index contributed by atoms with van der Waals surface area (Å²) in [7, 11) is 0. The minimum absolute atomic E-state index is 0.221. The minimum Gasteiger partial charge on any atom is -0.454 e. The molecule has 2 N–H and O–H groups in total. The fourth-order valence-electron chi connectivity index (χ4n) is 2.28.